The maximum absolute atomic E-state index is 13.5. The van der Waals surface area contributed by atoms with Gasteiger partial charge in [-0.25, -0.2) is 12.8 Å². The van der Waals surface area contributed by atoms with E-state index >= 15 is 0 Å². The summed E-state index contributed by atoms with van der Waals surface area (Å²) in [6.07, 6.45) is 0. The van der Waals surface area contributed by atoms with E-state index in [0.717, 1.165) is 22.1 Å². The first kappa shape index (κ1) is 25.8. The van der Waals surface area contributed by atoms with Crippen molar-refractivity contribution in [2.45, 2.75) is 4.90 Å². The Balaban J connectivity index is 1.80. The molecule has 0 aliphatic carbocycles. The van der Waals surface area contributed by atoms with Crippen molar-refractivity contribution in [2.24, 2.45) is 0 Å². The minimum absolute atomic E-state index is 0.101. The summed E-state index contributed by atoms with van der Waals surface area (Å²) >= 11 is 0. The highest BCUT2D eigenvalue weighted by molar-refractivity contribution is 7.92. The van der Waals surface area contributed by atoms with Crippen LogP contribution >= 0.6 is 0 Å². The SMILES string of the molecule is COc1ccc(S(=O)(=O)N(CC(=O)NCCN(C)c2ccccc2)c2ccc(F)cc2)cc1OC. The molecule has 3 aromatic carbocycles. The molecule has 0 fully saturated rings. The number of hydrogen-bond acceptors (Lipinski definition) is 6. The first-order valence-corrected chi connectivity index (χ1v) is 12.2. The van der Waals surface area contributed by atoms with E-state index in [9.17, 15) is 17.6 Å². The number of sulfonamides is 1. The monoisotopic (exact) mass is 501 g/mol. The number of carbonyl (C=O) groups is 1. The predicted octanol–water partition coefficient (Wildman–Crippen LogP) is 3.29. The zero-order valence-corrected chi connectivity index (χ0v) is 20.6. The molecule has 0 aliphatic heterocycles. The van der Waals surface area contributed by atoms with E-state index in [2.05, 4.69) is 5.32 Å². The van der Waals surface area contributed by atoms with Crippen molar-refractivity contribution in [2.75, 3.05) is 50.1 Å². The van der Waals surface area contributed by atoms with Crippen molar-refractivity contribution in [3.63, 3.8) is 0 Å². The molecule has 0 bridgehead atoms. The molecule has 0 spiro atoms. The second kappa shape index (κ2) is 11.6. The van der Waals surface area contributed by atoms with E-state index in [1.54, 1.807) is 0 Å². The van der Waals surface area contributed by atoms with Crippen LogP contribution in [0.15, 0.2) is 77.7 Å². The number of para-hydroxylation sites is 1. The average molecular weight is 502 g/mol. The standard InChI is InChI=1S/C25H28FN3O5S/c1-28(20-7-5-4-6-8-20)16-15-27-25(30)18-29(21-11-9-19(26)10-12-21)35(31,32)22-13-14-23(33-2)24(17-22)34-3/h4-14,17H,15-16,18H2,1-3H3,(H,27,30). The highest BCUT2D eigenvalue weighted by Crippen LogP contribution is 2.32. The van der Waals surface area contributed by atoms with E-state index in [1.165, 1.54) is 44.6 Å². The summed E-state index contributed by atoms with van der Waals surface area (Å²) in [6.45, 7) is 0.337. The molecule has 0 unspecified atom stereocenters. The third-order valence-corrected chi connectivity index (χ3v) is 7.08. The molecule has 35 heavy (non-hydrogen) atoms. The van der Waals surface area contributed by atoms with Crippen molar-refractivity contribution in [3.8, 4) is 11.5 Å². The smallest absolute Gasteiger partial charge is 0.264 e. The van der Waals surface area contributed by atoms with Gasteiger partial charge in [-0.2, -0.15) is 0 Å². The van der Waals surface area contributed by atoms with Crippen molar-refractivity contribution in [3.05, 3.63) is 78.6 Å². The topological polar surface area (TPSA) is 88.2 Å². The Hall–Kier alpha value is -3.79. The van der Waals surface area contributed by atoms with Crippen LogP contribution in [0.5, 0.6) is 11.5 Å². The highest BCUT2D eigenvalue weighted by Gasteiger charge is 2.28. The van der Waals surface area contributed by atoms with E-state index in [-0.39, 0.29) is 16.3 Å². The number of hydrogen-bond donors (Lipinski definition) is 1. The van der Waals surface area contributed by atoms with Gasteiger partial charge in [-0.1, -0.05) is 18.2 Å². The fourth-order valence-electron chi connectivity index (χ4n) is 3.39. The van der Waals surface area contributed by atoms with Gasteiger partial charge in [-0.15, -0.1) is 0 Å². The lowest BCUT2D eigenvalue weighted by Gasteiger charge is -2.25. The third-order valence-electron chi connectivity index (χ3n) is 5.31. The summed E-state index contributed by atoms with van der Waals surface area (Å²) in [5.74, 6) is -0.438. The molecule has 0 aliphatic rings. The number of nitrogens with zero attached hydrogens (tertiary/aromatic N) is 2. The molecule has 0 saturated heterocycles. The van der Waals surface area contributed by atoms with Gasteiger partial charge in [-0.3, -0.25) is 9.10 Å². The van der Waals surface area contributed by atoms with E-state index in [1.807, 2.05) is 42.3 Å². The molecule has 186 valence electrons. The maximum atomic E-state index is 13.5. The van der Waals surface area contributed by atoms with E-state index in [4.69, 9.17) is 9.47 Å². The predicted molar refractivity (Wildman–Crippen MR) is 133 cm³/mol. The summed E-state index contributed by atoms with van der Waals surface area (Å²) in [4.78, 5) is 14.6. The van der Waals surface area contributed by atoms with Crippen LogP contribution in [0.3, 0.4) is 0 Å². The van der Waals surface area contributed by atoms with Crippen LogP contribution in [0.1, 0.15) is 0 Å². The zero-order valence-electron chi connectivity index (χ0n) is 19.8. The Labute approximate surface area is 204 Å². The summed E-state index contributed by atoms with van der Waals surface area (Å²) in [6, 6.07) is 18.7. The van der Waals surface area contributed by atoms with E-state index < -0.39 is 28.3 Å². The van der Waals surface area contributed by atoms with Crippen LogP contribution in [-0.2, 0) is 14.8 Å². The van der Waals surface area contributed by atoms with Crippen LogP contribution in [-0.4, -0.2) is 55.2 Å². The number of rotatable bonds is 11. The number of anilines is 2. The fourth-order valence-corrected chi connectivity index (χ4v) is 4.82. The van der Waals surface area contributed by atoms with Crippen molar-refractivity contribution in [1.29, 1.82) is 0 Å². The Morgan fingerprint density at radius 1 is 0.914 bits per heavy atom. The van der Waals surface area contributed by atoms with Crippen molar-refractivity contribution >= 4 is 27.3 Å². The number of nitrogens with one attached hydrogen (secondary N) is 1. The minimum Gasteiger partial charge on any atom is -0.493 e. The summed E-state index contributed by atoms with van der Waals surface area (Å²) in [7, 11) is 0.532. The first-order valence-electron chi connectivity index (χ1n) is 10.8. The summed E-state index contributed by atoms with van der Waals surface area (Å²) < 4.78 is 51.9. The maximum Gasteiger partial charge on any atom is 0.264 e. The van der Waals surface area contributed by atoms with Gasteiger partial charge in [0.25, 0.3) is 10.0 Å². The van der Waals surface area contributed by atoms with Gasteiger partial charge in [0.15, 0.2) is 11.5 Å². The molecule has 10 heteroatoms. The molecule has 0 aromatic heterocycles. The average Bonchev–Trinajstić information content (AvgIpc) is 2.87. The molecule has 0 saturated carbocycles. The van der Waals surface area contributed by atoms with Crippen LogP contribution < -0.4 is 24.0 Å². The van der Waals surface area contributed by atoms with Gasteiger partial charge in [0.2, 0.25) is 5.91 Å². The molecular weight excluding hydrogens is 473 g/mol. The molecule has 3 aromatic rings. The quantitative estimate of drug-likeness (QED) is 0.434. The van der Waals surface area contributed by atoms with Crippen LogP contribution in [0.25, 0.3) is 0 Å². The number of ether oxygens (including phenoxy) is 2. The Kier molecular flexibility index (Phi) is 8.53. The van der Waals surface area contributed by atoms with Crippen molar-refractivity contribution in [1.82, 2.24) is 5.32 Å². The lowest BCUT2D eigenvalue weighted by atomic mass is 10.3. The lowest BCUT2D eigenvalue weighted by Crippen LogP contribution is -2.42. The van der Waals surface area contributed by atoms with Crippen LogP contribution in [0.2, 0.25) is 0 Å². The fraction of sp³-hybridized carbons (Fsp3) is 0.240. The first-order chi connectivity index (χ1) is 16.8. The molecule has 0 atom stereocenters. The number of methoxy groups -OCH3 is 2. The second-order valence-electron chi connectivity index (χ2n) is 7.61. The number of benzene rings is 3. The molecular formula is C25H28FN3O5S. The number of amides is 1. The molecule has 8 nitrogen and oxygen atoms in total. The van der Waals surface area contributed by atoms with Gasteiger partial charge in [-0.05, 0) is 48.5 Å². The molecule has 0 heterocycles. The number of likely N-dealkylation sites (N-methyl/N-ethyl adjacent to an activating group) is 1. The van der Waals surface area contributed by atoms with Crippen LogP contribution in [0.4, 0.5) is 15.8 Å². The minimum atomic E-state index is -4.20. The second-order valence-corrected chi connectivity index (χ2v) is 9.47. The Bertz CT molecular complexity index is 1240. The van der Waals surface area contributed by atoms with Gasteiger partial charge in [0, 0.05) is 31.9 Å². The van der Waals surface area contributed by atoms with Gasteiger partial charge < -0.3 is 19.7 Å². The van der Waals surface area contributed by atoms with E-state index in [0.29, 0.717) is 18.8 Å². The Morgan fingerprint density at radius 3 is 2.20 bits per heavy atom. The lowest BCUT2D eigenvalue weighted by molar-refractivity contribution is -0.119. The Morgan fingerprint density at radius 2 is 1.57 bits per heavy atom. The van der Waals surface area contributed by atoms with Gasteiger partial charge in [0.05, 0.1) is 24.8 Å². The molecule has 1 N–H and O–H groups in total. The largest absolute Gasteiger partial charge is 0.493 e. The van der Waals surface area contributed by atoms with Gasteiger partial charge >= 0.3 is 0 Å². The molecule has 1 amide bonds. The number of carbonyl (C=O) groups excluding carboxylic acids is 1. The molecule has 3 rings (SSSR count). The zero-order chi connectivity index (χ0) is 25.4. The van der Waals surface area contributed by atoms with Crippen molar-refractivity contribution < 1.29 is 27.1 Å². The van der Waals surface area contributed by atoms with Gasteiger partial charge in [0.1, 0.15) is 12.4 Å². The number of halogens is 1. The normalized spacial score (nSPS) is 11.0. The highest BCUT2D eigenvalue weighted by atomic mass is 32.2. The van der Waals surface area contributed by atoms with Crippen LogP contribution in [0, 0.1) is 5.82 Å². The third kappa shape index (κ3) is 6.42. The summed E-state index contributed by atoms with van der Waals surface area (Å²) in [5.41, 5.74) is 1.14. The summed E-state index contributed by atoms with van der Waals surface area (Å²) in [5, 5.41) is 2.75. The molecule has 0 radical (unpaired) electrons.